The second-order valence-corrected chi connectivity index (χ2v) is 5.68. The fourth-order valence-electron chi connectivity index (χ4n) is 2.08. The molecule has 2 N–H and O–H groups in total. The summed E-state index contributed by atoms with van der Waals surface area (Å²) in [5.74, 6) is -1.67. The Hall–Kier alpha value is -2.34. The Labute approximate surface area is 129 Å². The summed E-state index contributed by atoms with van der Waals surface area (Å²) < 4.78 is 26.3. The number of nitrogens with one attached hydrogen (secondary N) is 2. The molecule has 2 aromatic carbocycles. The summed E-state index contributed by atoms with van der Waals surface area (Å²) in [6.45, 7) is 0. The van der Waals surface area contributed by atoms with Gasteiger partial charge in [0.05, 0.1) is 11.4 Å². The Balaban J connectivity index is 1.65. The number of rotatable bonds is 4. The highest BCUT2D eigenvalue weighted by Gasteiger charge is 2.10. The van der Waals surface area contributed by atoms with Gasteiger partial charge < -0.3 is 10.3 Å². The lowest BCUT2D eigenvalue weighted by molar-refractivity contribution is -0.113. The molecule has 0 aliphatic heterocycles. The summed E-state index contributed by atoms with van der Waals surface area (Å²) in [5, 5.41) is 3.47. The minimum atomic E-state index is -0.787. The van der Waals surface area contributed by atoms with Crippen molar-refractivity contribution in [2.24, 2.45) is 0 Å². The van der Waals surface area contributed by atoms with Crippen LogP contribution in [0.25, 0.3) is 10.9 Å². The molecule has 1 aromatic heterocycles. The van der Waals surface area contributed by atoms with Gasteiger partial charge in [-0.25, -0.2) is 8.78 Å². The molecule has 3 rings (SSSR count). The van der Waals surface area contributed by atoms with Gasteiger partial charge in [-0.15, -0.1) is 11.8 Å². The normalized spacial score (nSPS) is 10.8. The molecule has 0 saturated heterocycles. The molecule has 0 spiro atoms. The van der Waals surface area contributed by atoms with Gasteiger partial charge in [-0.05, 0) is 18.2 Å². The number of carbonyl (C=O) groups is 1. The van der Waals surface area contributed by atoms with Gasteiger partial charge in [0.2, 0.25) is 5.91 Å². The average molecular weight is 318 g/mol. The molecule has 1 amide bonds. The van der Waals surface area contributed by atoms with Crippen LogP contribution in [0.2, 0.25) is 0 Å². The Morgan fingerprint density at radius 3 is 2.82 bits per heavy atom. The molecule has 3 nitrogen and oxygen atoms in total. The van der Waals surface area contributed by atoms with Gasteiger partial charge in [0.15, 0.2) is 0 Å². The van der Waals surface area contributed by atoms with Crippen molar-refractivity contribution >= 4 is 34.3 Å². The first-order valence-electron chi connectivity index (χ1n) is 6.57. The third-order valence-electron chi connectivity index (χ3n) is 3.12. The van der Waals surface area contributed by atoms with Crippen LogP contribution in [0.15, 0.2) is 53.6 Å². The first-order valence-corrected chi connectivity index (χ1v) is 7.56. The van der Waals surface area contributed by atoms with E-state index in [2.05, 4.69) is 10.3 Å². The standard InChI is InChI=1S/C16H12F2N2OS/c17-10-5-6-14(12(18)7-10)20-16(21)9-22-15-8-19-13-4-2-1-3-11(13)15/h1-8,19H,9H2,(H,20,21). The molecular formula is C16H12F2N2OS. The molecule has 0 saturated carbocycles. The molecule has 112 valence electrons. The van der Waals surface area contributed by atoms with E-state index >= 15 is 0 Å². The van der Waals surface area contributed by atoms with Crippen LogP contribution in [0.5, 0.6) is 0 Å². The number of halogens is 2. The van der Waals surface area contributed by atoms with Gasteiger partial charge in [-0.3, -0.25) is 4.79 Å². The minimum Gasteiger partial charge on any atom is -0.360 e. The lowest BCUT2D eigenvalue weighted by Crippen LogP contribution is -2.15. The number of amides is 1. The third-order valence-corrected chi connectivity index (χ3v) is 4.17. The maximum atomic E-state index is 13.5. The van der Waals surface area contributed by atoms with Gasteiger partial charge in [-0.1, -0.05) is 18.2 Å². The van der Waals surface area contributed by atoms with Crippen molar-refractivity contribution in [2.45, 2.75) is 4.90 Å². The number of anilines is 1. The zero-order valence-electron chi connectivity index (χ0n) is 11.4. The molecule has 0 aliphatic rings. The molecule has 6 heteroatoms. The number of fused-ring (bicyclic) bond motifs is 1. The molecule has 0 fully saturated rings. The minimum absolute atomic E-state index is 0.0223. The molecule has 0 radical (unpaired) electrons. The summed E-state index contributed by atoms with van der Waals surface area (Å²) >= 11 is 1.35. The van der Waals surface area contributed by atoms with Crippen LogP contribution < -0.4 is 5.32 Å². The van der Waals surface area contributed by atoms with Gasteiger partial charge in [0, 0.05) is 28.1 Å². The Kier molecular flexibility index (Phi) is 4.11. The number of para-hydroxylation sites is 1. The van der Waals surface area contributed by atoms with E-state index in [4.69, 9.17) is 0 Å². The number of hydrogen-bond acceptors (Lipinski definition) is 2. The van der Waals surface area contributed by atoms with E-state index in [-0.39, 0.29) is 17.3 Å². The van der Waals surface area contributed by atoms with Crippen LogP contribution in [0.3, 0.4) is 0 Å². The SMILES string of the molecule is O=C(CSc1c[nH]c2ccccc12)Nc1ccc(F)cc1F. The van der Waals surface area contributed by atoms with Crippen LogP contribution in [0.4, 0.5) is 14.5 Å². The van der Waals surface area contributed by atoms with Crippen LogP contribution in [0, 0.1) is 11.6 Å². The highest BCUT2D eigenvalue weighted by molar-refractivity contribution is 8.00. The van der Waals surface area contributed by atoms with Crippen molar-refractivity contribution in [3.8, 4) is 0 Å². The number of hydrogen-bond donors (Lipinski definition) is 2. The van der Waals surface area contributed by atoms with Crippen molar-refractivity contribution in [3.05, 3.63) is 60.3 Å². The first-order chi connectivity index (χ1) is 10.6. The fourth-order valence-corrected chi connectivity index (χ4v) is 2.92. The van der Waals surface area contributed by atoms with Crippen molar-refractivity contribution in [1.82, 2.24) is 4.98 Å². The van der Waals surface area contributed by atoms with Crippen LogP contribution in [-0.4, -0.2) is 16.6 Å². The van der Waals surface area contributed by atoms with E-state index in [1.165, 1.54) is 17.8 Å². The number of carbonyl (C=O) groups excluding carboxylic acids is 1. The third kappa shape index (κ3) is 3.12. The Morgan fingerprint density at radius 1 is 1.18 bits per heavy atom. The average Bonchev–Trinajstić information content (AvgIpc) is 2.91. The van der Waals surface area contributed by atoms with E-state index in [0.29, 0.717) is 0 Å². The van der Waals surface area contributed by atoms with Crippen LogP contribution in [0.1, 0.15) is 0 Å². The van der Waals surface area contributed by atoms with E-state index in [0.717, 1.165) is 27.9 Å². The van der Waals surface area contributed by atoms with Crippen molar-refractivity contribution in [1.29, 1.82) is 0 Å². The summed E-state index contributed by atoms with van der Waals surface area (Å²) in [6, 6.07) is 10.8. The number of H-pyrrole nitrogens is 1. The number of aromatic amines is 1. The number of thioether (sulfide) groups is 1. The highest BCUT2D eigenvalue weighted by Crippen LogP contribution is 2.27. The predicted octanol–water partition coefficient (Wildman–Crippen LogP) is 4.18. The van der Waals surface area contributed by atoms with Crippen LogP contribution >= 0.6 is 11.8 Å². The number of benzene rings is 2. The maximum absolute atomic E-state index is 13.5. The monoisotopic (exact) mass is 318 g/mol. The zero-order valence-corrected chi connectivity index (χ0v) is 12.2. The largest absolute Gasteiger partial charge is 0.360 e. The molecule has 22 heavy (non-hydrogen) atoms. The second-order valence-electron chi connectivity index (χ2n) is 4.66. The Morgan fingerprint density at radius 2 is 2.00 bits per heavy atom. The molecule has 0 unspecified atom stereocenters. The predicted molar refractivity (Wildman–Crippen MR) is 84.0 cm³/mol. The molecular weight excluding hydrogens is 306 g/mol. The molecule has 0 bridgehead atoms. The van der Waals surface area contributed by atoms with Gasteiger partial charge in [0.1, 0.15) is 11.6 Å². The fraction of sp³-hybridized carbons (Fsp3) is 0.0625. The van der Waals surface area contributed by atoms with E-state index in [1.807, 2.05) is 30.5 Å². The quantitative estimate of drug-likeness (QED) is 0.709. The zero-order chi connectivity index (χ0) is 15.5. The molecule has 0 atom stereocenters. The lowest BCUT2D eigenvalue weighted by Gasteiger charge is -2.06. The van der Waals surface area contributed by atoms with Gasteiger partial charge >= 0.3 is 0 Å². The van der Waals surface area contributed by atoms with Crippen molar-refractivity contribution in [3.63, 3.8) is 0 Å². The van der Waals surface area contributed by atoms with Crippen molar-refractivity contribution < 1.29 is 13.6 Å². The first kappa shape index (κ1) is 14.6. The smallest absolute Gasteiger partial charge is 0.234 e. The summed E-state index contributed by atoms with van der Waals surface area (Å²) in [6.07, 6.45) is 1.83. The highest BCUT2D eigenvalue weighted by atomic mass is 32.2. The Bertz CT molecular complexity index is 832. The van der Waals surface area contributed by atoms with Gasteiger partial charge in [0.25, 0.3) is 0 Å². The van der Waals surface area contributed by atoms with Crippen LogP contribution in [-0.2, 0) is 4.79 Å². The van der Waals surface area contributed by atoms with E-state index in [1.54, 1.807) is 0 Å². The molecule has 0 aliphatic carbocycles. The summed E-state index contributed by atoms with van der Waals surface area (Å²) in [4.78, 5) is 16.0. The topological polar surface area (TPSA) is 44.9 Å². The van der Waals surface area contributed by atoms with E-state index < -0.39 is 11.6 Å². The summed E-state index contributed by atoms with van der Waals surface area (Å²) in [5.41, 5.74) is 0.973. The molecule has 3 aromatic rings. The summed E-state index contributed by atoms with van der Waals surface area (Å²) in [7, 11) is 0. The lowest BCUT2D eigenvalue weighted by atomic mass is 10.2. The van der Waals surface area contributed by atoms with E-state index in [9.17, 15) is 13.6 Å². The van der Waals surface area contributed by atoms with Crippen molar-refractivity contribution in [2.75, 3.05) is 11.1 Å². The maximum Gasteiger partial charge on any atom is 0.234 e. The number of aromatic nitrogens is 1. The van der Waals surface area contributed by atoms with Gasteiger partial charge in [-0.2, -0.15) is 0 Å². The second kappa shape index (κ2) is 6.19. The molecule has 1 heterocycles.